The van der Waals surface area contributed by atoms with Crippen molar-refractivity contribution in [3.8, 4) is 0 Å². The van der Waals surface area contributed by atoms with Gasteiger partial charge in [-0.2, -0.15) is 0 Å². The summed E-state index contributed by atoms with van der Waals surface area (Å²) < 4.78 is 13.5. The number of amides is 1. The number of carbonyl (C=O) groups excluding carboxylic acids is 1. The van der Waals surface area contributed by atoms with Gasteiger partial charge in [-0.3, -0.25) is 4.79 Å². The van der Waals surface area contributed by atoms with Crippen LogP contribution in [0.15, 0.2) is 18.2 Å². The maximum absolute atomic E-state index is 13.5. The van der Waals surface area contributed by atoms with Crippen LogP contribution in [-0.4, -0.2) is 24.5 Å². The maximum Gasteiger partial charge on any atom is 0.254 e. The van der Waals surface area contributed by atoms with Gasteiger partial charge in [0.15, 0.2) is 0 Å². The van der Waals surface area contributed by atoms with Crippen molar-refractivity contribution in [1.82, 2.24) is 10.6 Å². The normalized spacial score (nSPS) is 23.7. The van der Waals surface area contributed by atoms with E-state index in [9.17, 15) is 9.18 Å². The molecule has 2 rings (SSSR count). The summed E-state index contributed by atoms with van der Waals surface area (Å²) in [6.45, 7) is 2.97. The molecule has 0 radical (unpaired) electrons. The van der Waals surface area contributed by atoms with Gasteiger partial charge in [0.05, 0.1) is 5.56 Å². The number of nitrogens with one attached hydrogen (secondary N) is 2. The van der Waals surface area contributed by atoms with E-state index in [0.29, 0.717) is 5.02 Å². The lowest BCUT2D eigenvalue weighted by Gasteiger charge is -2.30. The summed E-state index contributed by atoms with van der Waals surface area (Å²) in [6.07, 6.45) is 1.91. The van der Waals surface area contributed by atoms with Crippen LogP contribution in [0.4, 0.5) is 4.39 Å². The first kappa shape index (κ1) is 13.3. The van der Waals surface area contributed by atoms with Gasteiger partial charge >= 0.3 is 0 Å². The maximum atomic E-state index is 13.5. The van der Waals surface area contributed by atoms with Crippen LogP contribution in [0.1, 0.15) is 30.1 Å². The zero-order valence-electron chi connectivity index (χ0n) is 10.2. The molecule has 1 saturated heterocycles. The molecule has 2 N–H and O–H groups in total. The minimum Gasteiger partial charge on any atom is -0.348 e. The molecular formula is C13H16ClFN2O. The molecule has 5 heteroatoms. The summed E-state index contributed by atoms with van der Waals surface area (Å²) in [6, 6.07) is 4.22. The van der Waals surface area contributed by atoms with Crippen molar-refractivity contribution in [2.45, 2.75) is 31.8 Å². The van der Waals surface area contributed by atoms with Gasteiger partial charge in [0.2, 0.25) is 0 Å². The number of benzene rings is 1. The number of rotatable bonds is 2. The zero-order valence-corrected chi connectivity index (χ0v) is 10.9. The van der Waals surface area contributed by atoms with Crippen LogP contribution in [0, 0.1) is 5.82 Å². The minimum absolute atomic E-state index is 0.000253. The van der Waals surface area contributed by atoms with Crippen LogP contribution in [0.3, 0.4) is 0 Å². The summed E-state index contributed by atoms with van der Waals surface area (Å²) in [5.41, 5.74) is 0.000253. The molecule has 1 aliphatic heterocycles. The van der Waals surface area contributed by atoms with Crippen LogP contribution in [0.5, 0.6) is 0 Å². The second kappa shape index (κ2) is 5.67. The molecule has 1 fully saturated rings. The van der Waals surface area contributed by atoms with E-state index in [2.05, 4.69) is 10.6 Å². The molecule has 0 aliphatic carbocycles. The summed E-state index contributed by atoms with van der Waals surface area (Å²) in [4.78, 5) is 12.0. The first-order valence-corrected chi connectivity index (χ1v) is 6.45. The van der Waals surface area contributed by atoms with E-state index in [1.54, 1.807) is 0 Å². The van der Waals surface area contributed by atoms with Crippen molar-refractivity contribution in [1.29, 1.82) is 0 Å². The fraction of sp³-hybridized carbons (Fsp3) is 0.462. The second-order valence-corrected chi connectivity index (χ2v) is 5.03. The average molecular weight is 271 g/mol. The van der Waals surface area contributed by atoms with E-state index in [4.69, 9.17) is 11.6 Å². The van der Waals surface area contributed by atoms with Crippen molar-refractivity contribution in [3.05, 3.63) is 34.6 Å². The van der Waals surface area contributed by atoms with Crippen LogP contribution < -0.4 is 10.6 Å². The Hall–Kier alpha value is -1.13. The predicted octanol–water partition coefficient (Wildman–Crippen LogP) is 2.35. The average Bonchev–Trinajstić information content (AvgIpc) is 2.35. The number of carbonyl (C=O) groups is 1. The molecule has 1 aromatic carbocycles. The van der Waals surface area contributed by atoms with E-state index in [1.807, 2.05) is 6.92 Å². The first-order valence-electron chi connectivity index (χ1n) is 6.07. The lowest BCUT2D eigenvalue weighted by Crippen LogP contribution is -2.52. The van der Waals surface area contributed by atoms with Crippen LogP contribution >= 0.6 is 11.6 Å². The standard InChI is InChI=1S/C13H16ClFN2O/c1-8-12(3-2-6-16-8)17-13(18)10-7-9(14)4-5-11(10)15/h4-5,7-8,12,16H,2-3,6H2,1H3,(H,17,18). The topological polar surface area (TPSA) is 41.1 Å². The largest absolute Gasteiger partial charge is 0.348 e. The highest BCUT2D eigenvalue weighted by molar-refractivity contribution is 6.31. The van der Waals surface area contributed by atoms with Crippen molar-refractivity contribution in [2.24, 2.45) is 0 Å². The highest BCUT2D eigenvalue weighted by Gasteiger charge is 2.23. The summed E-state index contributed by atoms with van der Waals surface area (Å²) in [5, 5.41) is 6.49. The molecule has 0 saturated carbocycles. The van der Waals surface area contributed by atoms with Crippen molar-refractivity contribution < 1.29 is 9.18 Å². The Balaban J connectivity index is 2.09. The molecule has 1 heterocycles. The summed E-state index contributed by atoms with van der Waals surface area (Å²) in [5.74, 6) is -0.955. The molecule has 1 aliphatic rings. The Labute approximate surface area is 111 Å². The van der Waals surface area contributed by atoms with Gasteiger partial charge in [0, 0.05) is 17.1 Å². The number of piperidine rings is 1. The molecule has 1 aromatic rings. The molecule has 0 spiro atoms. The first-order chi connectivity index (χ1) is 8.58. The summed E-state index contributed by atoms with van der Waals surface area (Å²) >= 11 is 5.77. The number of halogens is 2. The van der Waals surface area contributed by atoms with Crippen molar-refractivity contribution in [3.63, 3.8) is 0 Å². The summed E-state index contributed by atoms with van der Waals surface area (Å²) in [7, 11) is 0. The number of hydrogen-bond acceptors (Lipinski definition) is 2. The lowest BCUT2D eigenvalue weighted by molar-refractivity contribution is 0.0915. The Kier molecular flexibility index (Phi) is 4.19. The Morgan fingerprint density at radius 2 is 2.33 bits per heavy atom. The van der Waals surface area contributed by atoms with E-state index in [0.717, 1.165) is 19.4 Å². The quantitative estimate of drug-likeness (QED) is 0.866. The highest BCUT2D eigenvalue weighted by Crippen LogP contribution is 2.16. The minimum atomic E-state index is -0.548. The molecule has 98 valence electrons. The van der Waals surface area contributed by atoms with Crippen LogP contribution in [0.25, 0.3) is 0 Å². The highest BCUT2D eigenvalue weighted by atomic mass is 35.5. The Morgan fingerprint density at radius 1 is 1.56 bits per heavy atom. The molecule has 0 bridgehead atoms. The third-order valence-corrected chi connectivity index (χ3v) is 3.49. The molecule has 0 aromatic heterocycles. The van der Waals surface area contributed by atoms with Crippen molar-refractivity contribution >= 4 is 17.5 Å². The van der Waals surface area contributed by atoms with E-state index < -0.39 is 11.7 Å². The van der Waals surface area contributed by atoms with Gasteiger partial charge < -0.3 is 10.6 Å². The van der Waals surface area contributed by atoms with Gasteiger partial charge in [0.25, 0.3) is 5.91 Å². The molecule has 2 unspecified atom stereocenters. The van der Waals surface area contributed by atoms with Gasteiger partial charge in [0.1, 0.15) is 5.82 Å². The molecule has 18 heavy (non-hydrogen) atoms. The van der Waals surface area contributed by atoms with Crippen LogP contribution in [-0.2, 0) is 0 Å². The smallest absolute Gasteiger partial charge is 0.254 e. The third kappa shape index (κ3) is 3.00. The lowest BCUT2D eigenvalue weighted by atomic mass is 9.99. The Bertz CT molecular complexity index is 453. The van der Waals surface area contributed by atoms with E-state index >= 15 is 0 Å². The monoisotopic (exact) mass is 270 g/mol. The molecule has 3 nitrogen and oxygen atoms in total. The van der Waals surface area contributed by atoms with Gasteiger partial charge in [-0.15, -0.1) is 0 Å². The van der Waals surface area contributed by atoms with Crippen LogP contribution in [0.2, 0.25) is 5.02 Å². The van der Waals surface area contributed by atoms with Gasteiger partial charge in [-0.05, 0) is 44.5 Å². The van der Waals surface area contributed by atoms with Crippen molar-refractivity contribution in [2.75, 3.05) is 6.54 Å². The second-order valence-electron chi connectivity index (χ2n) is 4.59. The molecule has 1 amide bonds. The molecule has 2 atom stereocenters. The fourth-order valence-electron chi connectivity index (χ4n) is 2.16. The Morgan fingerprint density at radius 3 is 3.06 bits per heavy atom. The SMILES string of the molecule is CC1NCCCC1NC(=O)c1cc(Cl)ccc1F. The fourth-order valence-corrected chi connectivity index (χ4v) is 2.33. The van der Waals surface area contributed by atoms with E-state index in [1.165, 1.54) is 18.2 Å². The van der Waals surface area contributed by atoms with E-state index in [-0.39, 0.29) is 17.6 Å². The third-order valence-electron chi connectivity index (χ3n) is 3.25. The predicted molar refractivity (Wildman–Crippen MR) is 69.4 cm³/mol. The zero-order chi connectivity index (χ0) is 13.1. The van der Waals surface area contributed by atoms with Gasteiger partial charge in [-0.1, -0.05) is 11.6 Å². The number of hydrogen-bond donors (Lipinski definition) is 2. The molecular weight excluding hydrogens is 255 g/mol. The van der Waals surface area contributed by atoms with Gasteiger partial charge in [-0.25, -0.2) is 4.39 Å².